The van der Waals surface area contributed by atoms with E-state index in [1.54, 1.807) is 6.92 Å². The van der Waals surface area contributed by atoms with E-state index < -0.39 is 23.9 Å². The normalized spacial score (nSPS) is 11.5. The molecule has 0 saturated carbocycles. The minimum Gasteiger partial charge on any atom is -0.480 e. The number of carbonyl (C=O) groups excluding carboxylic acids is 1. The van der Waals surface area contributed by atoms with Crippen LogP contribution in [0.2, 0.25) is 0 Å². The highest BCUT2D eigenvalue weighted by molar-refractivity contribution is 5.94. The van der Waals surface area contributed by atoms with Gasteiger partial charge in [-0.1, -0.05) is 6.08 Å². The quantitative estimate of drug-likeness (QED) is 0.786. The van der Waals surface area contributed by atoms with Crippen LogP contribution in [0.15, 0.2) is 36.9 Å². The van der Waals surface area contributed by atoms with E-state index in [-0.39, 0.29) is 6.42 Å². The molecule has 0 saturated heterocycles. The fourth-order valence-corrected chi connectivity index (χ4v) is 1.68. The summed E-state index contributed by atoms with van der Waals surface area (Å²) in [5, 5.41) is 11.4. The van der Waals surface area contributed by atoms with Gasteiger partial charge in [0.15, 0.2) is 0 Å². The van der Waals surface area contributed by atoms with Crippen LogP contribution in [0, 0.1) is 5.82 Å². The predicted molar refractivity (Wildman–Crippen MR) is 74.2 cm³/mol. The average molecular weight is 280 g/mol. The van der Waals surface area contributed by atoms with Crippen molar-refractivity contribution in [1.82, 2.24) is 5.32 Å². The lowest BCUT2D eigenvalue weighted by Crippen LogP contribution is -2.48. The van der Waals surface area contributed by atoms with Crippen LogP contribution in [0.4, 0.5) is 14.9 Å². The van der Waals surface area contributed by atoms with Gasteiger partial charge in [0.1, 0.15) is 11.9 Å². The first-order chi connectivity index (χ1) is 9.49. The summed E-state index contributed by atoms with van der Waals surface area (Å²) >= 11 is 0. The van der Waals surface area contributed by atoms with Crippen molar-refractivity contribution in [3.05, 3.63) is 42.7 Å². The van der Waals surface area contributed by atoms with Gasteiger partial charge in [0, 0.05) is 12.2 Å². The summed E-state index contributed by atoms with van der Waals surface area (Å²) in [5.41, 5.74) is 0.495. The summed E-state index contributed by atoms with van der Waals surface area (Å²) in [5.74, 6) is -1.53. The number of nitrogens with zero attached hydrogens (tertiary/aromatic N) is 1. The molecule has 5 nitrogen and oxygen atoms in total. The summed E-state index contributed by atoms with van der Waals surface area (Å²) in [6.07, 6.45) is 1.55. The molecule has 0 aliphatic rings. The molecule has 108 valence electrons. The minimum absolute atomic E-state index is 0.127. The number of rotatable bonds is 6. The molecule has 2 amide bonds. The molecule has 2 N–H and O–H groups in total. The van der Waals surface area contributed by atoms with Crippen molar-refractivity contribution in [2.24, 2.45) is 0 Å². The van der Waals surface area contributed by atoms with E-state index in [2.05, 4.69) is 11.9 Å². The molecule has 1 rings (SSSR count). The maximum Gasteiger partial charge on any atom is 0.326 e. The molecule has 0 aliphatic heterocycles. The SMILES string of the molecule is C=CCC(NC(=O)N(CC)c1ccc(F)cc1)C(=O)O. The number of nitrogens with one attached hydrogen (secondary N) is 1. The van der Waals surface area contributed by atoms with Crippen molar-refractivity contribution in [1.29, 1.82) is 0 Å². The van der Waals surface area contributed by atoms with E-state index >= 15 is 0 Å². The third-order valence-corrected chi connectivity index (χ3v) is 2.70. The van der Waals surface area contributed by atoms with E-state index in [4.69, 9.17) is 5.11 Å². The number of aliphatic carboxylic acids is 1. The van der Waals surface area contributed by atoms with Gasteiger partial charge in [0.2, 0.25) is 0 Å². The zero-order chi connectivity index (χ0) is 15.1. The molecular weight excluding hydrogens is 263 g/mol. The number of hydrogen-bond donors (Lipinski definition) is 2. The average Bonchev–Trinajstić information content (AvgIpc) is 2.41. The highest BCUT2D eigenvalue weighted by Crippen LogP contribution is 2.15. The lowest BCUT2D eigenvalue weighted by molar-refractivity contribution is -0.139. The summed E-state index contributed by atoms with van der Waals surface area (Å²) in [6.45, 7) is 5.53. The first-order valence-electron chi connectivity index (χ1n) is 6.16. The van der Waals surface area contributed by atoms with Crippen LogP contribution in [0.25, 0.3) is 0 Å². The molecule has 1 aromatic carbocycles. The zero-order valence-corrected chi connectivity index (χ0v) is 11.2. The molecule has 1 unspecified atom stereocenters. The molecule has 1 aromatic rings. The van der Waals surface area contributed by atoms with Gasteiger partial charge in [-0.05, 0) is 37.6 Å². The highest BCUT2D eigenvalue weighted by Gasteiger charge is 2.22. The lowest BCUT2D eigenvalue weighted by Gasteiger charge is -2.23. The number of carboxylic acids is 1. The van der Waals surface area contributed by atoms with Crippen molar-refractivity contribution < 1.29 is 19.1 Å². The van der Waals surface area contributed by atoms with E-state index in [0.29, 0.717) is 12.2 Å². The summed E-state index contributed by atoms with van der Waals surface area (Å²) in [4.78, 5) is 24.4. The van der Waals surface area contributed by atoms with Crippen molar-refractivity contribution in [2.75, 3.05) is 11.4 Å². The Balaban J connectivity index is 2.83. The maximum absolute atomic E-state index is 12.9. The first-order valence-corrected chi connectivity index (χ1v) is 6.16. The standard InChI is InChI=1S/C14H17FN2O3/c1-3-5-12(13(18)19)16-14(20)17(4-2)11-8-6-10(15)7-9-11/h3,6-9,12H,1,4-5H2,2H3,(H,16,20)(H,18,19). The predicted octanol–water partition coefficient (Wildman–Crippen LogP) is 2.39. The minimum atomic E-state index is -1.13. The van der Waals surface area contributed by atoms with E-state index in [1.165, 1.54) is 35.2 Å². The third-order valence-electron chi connectivity index (χ3n) is 2.70. The van der Waals surface area contributed by atoms with Crippen molar-refractivity contribution >= 4 is 17.7 Å². The number of carboxylic acid groups (broad SMARTS) is 1. The molecule has 0 aromatic heterocycles. The van der Waals surface area contributed by atoms with Gasteiger partial charge in [0.05, 0.1) is 0 Å². The molecule has 0 aliphatic carbocycles. The molecular formula is C14H17FN2O3. The van der Waals surface area contributed by atoms with Crippen molar-refractivity contribution in [3.63, 3.8) is 0 Å². The Hall–Kier alpha value is -2.37. The van der Waals surface area contributed by atoms with Crippen LogP contribution in [0.5, 0.6) is 0 Å². The molecule has 0 spiro atoms. The smallest absolute Gasteiger partial charge is 0.326 e. The molecule has 0 bridgehead atoms. The first kappa shape index (κ1) is 15.7. The fourth-order valence-electron chi connectivity index (χ4n) is 1.68. The second-order valence-corrected chi connectivity index (χ2v) is 4.09. The van der Waals surface area contributed by atoms with Crippen LogP contribution >= 0.6 is 0 Å². The number of carbonyl (C=O) groups is 2. The summed E-state index contributed by atoms with van der Waals surface area (Å²) in [7, 11) is 0. The maximum atomic E-state index is 12.9. The zero-order valence-electron chi connectivity index (χ0n) is 11.2. The Morgan fingerprint density at radius 2 is 2.05 bits per heavy atom. The van der Waals surface area contributed by atoms with E-state index in [9.17, 15) is 14.0 Å². The lowest BCUT2D eigenvalue weighted by atomic mass is 10.2. The van der Waals surface area contributed by atoms with Crippen LogP contribution in [-0.4, -0.2) is 29.7 Å². The van der Waals surface area contributed by atoms with Gasteiger partial charge in [-0.3, -0.25) is 4.90 Å². The van der Waals surface area contributed by atoms with Crippen LogP contribution in [-0.2, 0) is 4.79 Å². The number of anilines is 1. The Bertz CT molecular complexity index is 488. The molecule has 0 radical (unpaired) electrons. The molecule has 0 fully saturated rings. The Morgan fingerprint density at radius 3 is 2.50 bits per heavy atom. The van der Waals surface area contributed by atoms with Gasteiger partial charge in [-0.25, -0.2) is 14.0 Å². The van der Waals surface area contributed by atoms with Gasteiger partial charge in [-0.15, -0.1) is 6.58 Å². The third kappa shape index (κ3) is 4.08. The summed E-state index contributed by atoms with van der Waals surface area (Å²) in [6, 6.07) is 3.82. The Kier molecular flexibility index (Phi) is 5.71. The van der Waals surface area contributed by atoms with Crippen LogP contribution < -0.4 is 10.2 Å². The van der Waals surface area contributed by atoms with E-state index in [0.717, 1.165) is 0 Å². The second-order valence-electron chi connectivity index (χ2n) is 4.09. The van der Waals surface area contributed by atoms with Gasteiger partial charge >= 0.3 is 12.0 Å². The number of benzene rings is 1. The van der Waals surface area contributed by atoms with Crippen LogP contribution in [0.3, 0.4) is 0 Å². The molecule has 1 atom stereocenters. The van der Waals surface area contributed by atoms with Crippen LogP contribution in [0.1, 0.15) is 13.3 Å². The summed E-state index contributed by atoms with van der Waals surface area (Å²) < 4.78 is 12.9. The molecule has 20 heavy (non-hydrogen) atoms. The monoisotopic (exact) mass is 280 g/mol. The highest BCUT2D eigenvalue weighted by atomic mass is 19.1. The fraction of sp³-hybridized carbons (Fsp3) is 0.286. The van der Waals surface area contributed by atoms with Gasteiger partial charge in [-0.2, -0.15) is 0 Å². The van der Waals surface area contributed by atoms with Crippen molar-refractivity contribution in [3.8, 4) is 0 Å². The number of amides is 2. The van der Waals surface area contributed by atoms with E-state index in [1.807, 2.05) is 0 Å². The molecule has 0 heterocycles. The number of halogens is 1. The topological polar surface area (TPSA) is 69.6 Å². The largest absolute Gasteiger partial charge is 0.480 e. The van der Waals surface area contributed by atoms with Crippen molar-refractivity contribution in [2.45, 2.75) is 19.4 Å². The second kappa shape index (κ2) is 7.28. The Morgan fingerprint density at radius 1 is 1.45 bits per heavy atom. The number of hydrogen-bond acceptors (Lipinski definition) is 2. The Labute approximate surface area is 116 Å². The van der Waals surface area contributed by atoms with Gasteiger partial charge in [0.25, 0.3) is 0 Å². The van der Waals surface area contributed by atoms with Gasteiger partial charge < -0.3 is 10.4 Å². The molecule has 6 heteroatoms. The number of urea groups is 1.